The number of hydrogen-bond acceptors (Lipinski definition) is 5. The van der Waals surface area contributed by atoms with E-state index in [0.717, 1.165) is 0 Å². The fourth-order valence-electron chi connectivity index (χ4n) is 2.05. The third kappa shape index (κ3) is 3.17. The molecule has 1 saturated heterocycles. The molecule has 1 aromatic carbocycles. The Morgan fingerprint density at radius 3 is 2.21 bits per heavy atom. The maximum absolute atomic E-state index is 11.9. The monoisotopic (exact) mass is 285 g/mol. The van der Waals surface area contributed by atoms with Crippen molar-refractivity contribution in [1.29, 1.82) is 0 Å². The second kappa shape index (κ2) is 5.08. The van der Waals surface area contributed by atoms with E-state index in [9.17, 15) is 23.4 Å². The number of sulfone groups is 1. The van der Waals surface area contributed by atoms with E-state index in [1.165, 1.54) is 18.2 Å². The number of carbonyl (C=O) groups excluding carboxylic acids is 1. The summed E-state index contributed by atoms with van der Waals surface area (Å²) in [6, 6.07) is 3.78. The SMILES string of the molecule is O=C(NC1CCS(=O)(=O)CC1)c1c(O)cccc1O. The van der Waals surface area contributed by atoms with Gasteiger partial charge in [0.15, 0.2) is 0 Å². The minimum atomic E-state index is -2.98. The molecule has 0 bridgehead atoms. The Labute approximate surface area is 111 Å². The standard InChI is InChI=1S/C12H15NO5S/c14-9-2-1-3-10(15)11(9)12(16)13-8-4-6-19(17,18)7-5-8/h1-3,8,14-15H,4-7H2,(H,13,16). The Bertz CT molecular complexity index is 562. The number of rotatable bonds is 2. The summed E-state index contributed by atoms with van der Waals surface area (Å²) in [6.45, 7) is 0. The number of phenols is 2. The molecule has 1 aliphatic rings. The summed E-state index contributed by atoms with van der Waals surface area (Å²) >= 11 is 0. The normalized spacial score (nSPS) is 18.9. The van der Waals surface area contributed by atoms with E-state index in [2.05, 4.69) is 5.32 Å². The van der Waals surface area contributed by atoms with Gasteiger partial charge in [0, 0.05) is 6.04 Å². The third-order valence-corrected chi connectivity index (χ3v) is 4.85. The van der Waals surface area contributed by atoms with Crippen LogP contribution in [0.4, 0.5) is 0 Å². The number of carbonyl (C=O) groups is 1. The van der Waals surface area contributed by atoms with Crippen molar-refractivity contribution in [3.63, 3.8) is 0 Å². The van der Waals surface area contributed by atoms with Gasteiger partial charge in [0.25, 0.3) is 5.91 Å². The molecule has 104 valence electrons. The highest BCUT2D eigenvalue weighted by atomic mass is 32.2. The molecule has 2 rings (SSSR count). The lowest BCUT2D eigenvalue weighted by molar-refractivity contribution is 0.0928. The van der Waals surface area contributed by atoms with Crippen molar-refractivity contribution >= 4 is 15.7 Å². The van der Waals surface area contributed by atoms with Crippen LogP contribution >= 0.6 is 0 Å². The van der Waals surface area contributed by atoms with Gasteiger partial charge in [0.05, 0.1) is 11.5 Å². The van der Waals surface area contributed by atoms with Crippen LogP contribution in [-0.4, -0.2) is 42.1 Å². The minimum absolute atomic E-state index is 0.0463. The van der Waals surface area contributed by atoms with E-state index in [1.807, 2.05) is 0 Å². The van der Waals surface area contributed by atoms with E-state index in [-0.39, 0.29) is 34.6 Å². The van der Waals surface area contributed by atoms with Crippen LogP contribution in [0.1, 0.15) is 23.2 Å². The van der Waals surface area contributed by atoms with Crippen LogP contribution in [0.3, 0.4) is 0 Å². The number of aromatic hydroxyl groups is 2. The first kappa shape index (κ1) is 13.7. The van der Waals surface area contributed by atoms with Crippen LogP contribution in [0.2, 0.25) is 0 Å². The molecule has 0 spiro atoms. The smallest absolute Gasteiger partial charge is 0.259 e. The lowest BCUT2D eigenvalue weighted by Gasteiger charge is -2.23. The highest BCUT2D eigenvalue weighted by Gasteiger charge is 2.26. The topological polar surface area (TPSA) is 104 Å². The quantitative estimate of drug-likeness (QED) is 0.730. The zero-order valence-corrected chi connectivity index (χ0v) is 11.0. The van der Waals surface area contributed by atoms with Gasteiger partial charge in [-0.15, -0.1) is 0 Å². The second-order valence-corrected chi connectivity index (χ2v) is 6.87. The molecule has 19 heavy (non-hydrogen) atoms. The van der Waals surface area contributed by atoms with Crippen molar-refractivity contribution in [2.24, 2.45) is 0 Å². The molecule has 0 radical (unpaired) electrons. The van der Waals surface area contributed by atoms with E-state index < -0.39 is 15.7 Å². The number of hydrogen-bond donors (Lipinski definition) is 3. The number of phenolic OH excluding ortho intramolecular Hbond substituents is 2. The molecule has 1 aliphatic heterocycles. The van der Waals surface area contributed by atoms with Crippen LogP contribution in [0.5, 0.6) is 11.5 Å². The van der Waals surface area contributed by atoms with Gasteiger partial charge in [-0.25, -0.2) is 8.42 Å². The van der Waals surface area contributed by atoms with Gasteiger partial charge >= 0.3 is 0 Å². The molecule has 0 atom stereocenters. The van der Waals surface area contributed by atoms with Gasteiger partial charge in [0.2, 0.25) is 0 Å². The Hall–Kier alpha value is -1.76. The molecule has 0 unspecified atom stereocenters. The first-order valence-electron chi connectivity index (χ1n) is 5.91. The van der Waals surface area contributed by atoms with E-state index in [4.69, 9.17) is 0 Å². The van der Waals surface area contributed by atoms with Crippen LogP contribution in [0.15, 0.2) is 18.2 Å². The van der Waals surface area contributed by atoms with Gasteiger partial charge in [-0.1, -0.05) is 6.07 Å². The number of benzene rings is 1. The Kier molecular flexibility index (Phi) is 3.66. The van der Waals surface area contributed by atoms with Gasteiger partial charge in [-0.05, 0) is 25.0 Å². The van der Waals surface area contributed by atoms with Crippen molar-refractivity contribution < 1.29 is 23.4 Å². The van der Waals surface area contributed by atoms with E-state index >= 15 is 0 Å². The fourth-order valence-corrected chi connectivity index (χ4v) is 3.54. The number of nitrogens with one attached hydrogen (secondary N) is 1. The summed E-state index contributed by atoms with van der Waals surface area (Å²) in [4.78, 5) is 11.9. The Morgan fingerprint density at radius 2 is 1.68 bits per heavy atom. The maximum atomic E-state index is 11.9. The minimum Gasteiger partial charge on any atom is -0.507 e. The molecule has 6 nitrogen and oxygen atoms in total. The van der Waals surface area contributed by atoms with Gasteiger partial charge < -0.3 is 15.5 Å². The second-order valence-electron chi connectivity index (χ2n) is 4.57. The lowest BCUT2D eigenvalue weighted by Crippen LogP contribution is -2.40. The molecule has 0 aromatic heterocycles. The Morgan fingerprint density at radius 1 is 1.16 bits per heavy atom. The molecule has 7 heteroatoms. The van der Waals surface area contributed by atoms with Crippen LogP contribution < -0.4 is 5.32 Å². The molecule has 1 fully saturated rings. The molecule has 3 N–H and O–H groups in total. The fraction of sp³-hybridized carbons (Fsp3) is 0.417. The molecule has 1 amide bonds. The summed E-state index contributed by atoms with van der Waals surface area (Å²) in [6.07, 6.45) is 0.699. The molecule has 0 aliphatic carbocycles. The molecule has 0 saturated carbocycles. The van der Waals surface area contributed by atoms with Crippen molar-refractivity contribution in [3.8, 4) is 11.5 Å². The first-order valence-corrected chi connectivity index (χ1v) is 7.73. The average Bonchev–Trinajstić information content (AvgIpc) is 2.32. The van der Waals surface area contributed by atoms with Crippen LogP contribution in [0, 0.1) is 0 Å². The van der Waals surface area contributed by atoms with Gasteiger partial charge in [0.1, 0.15) is 26.9 Å². The van der Waals surface area contributed by atoms with Crippen molar-refractivity contribution in [2.45, 2.75) is 18.9 Å². The van der Waals surface area contributed by atoms with Crippen molar-refractivity contribution in [3.05, 3.63) is 23.8 Å². The van der Waals surface area contributed by atoms with Gasteiger partial charge in [-0.2, -0.15) is 0 Å². The van der Waals surface area contributed by atoms with Crippen molar-refractivity contribution in [2.75, 3.05) is 11.5 Å². The zero-order chi connectivity index (χ0) is 14.0. The maximum Gasteiger partial charge on any atom is 0.259 e. The summed E-state index contributed by atoms with van der Waals surface area (Å²) in [5.41, 5.74) is -0.184. The summed E-state index contributed by atoms with van der Waals surface area (Å²) in [5, 5.41) is 21.7. The predicted molar refractivity (Wildman–Crippen MR) is 68.9 cm³/mol. The average molecular weight is 285 g/mol. The summed E-state index contributed by atoms with van der Waals surface area (Å²) < 4.78 is 22.5. The Balaban J connectivity index is 2.06. The molecule has 1 aromatic rings. The molecular weight excluding hydrogens is 270 g/mol. The predicted octanol–water partition coefficient (Wildman–Crippen LogP) is 0.405. The van der Waals surface area contributed by atoms with Crippen LogP contribution in [-0.2, 0) is 9.84 Å². The highest BCUT2D eigenvalue weighted by molar-refractivity contribution is 7.91. The largest absolute Gasteiger partial charge is 0.507 e. The third-order valence-electron chi connectivity index (χ3n) is 3.14. The first-order chi connectivity index (χ1) is 8.89. The summed E-state index contributed by atoms with van der Waals surface area (Å²) in [7, 11) is -2.98. The van der Waals surface area contributed by atoms with E-state index in [0.29, 0.717) is 12.8 Å². The molecular formula is C12H15NO5S. The van der Waals surface area contributed by atoms with Crippen molar-refractivity contribution in [1.82, 2.24) is 5.32 Å². The molecule has 1 heterocycles. The van der Waals surface area contributed by atoms with Crippen LogP contribution in [0.25, 0.3) is 0 Å². The zero-order valence-electron chi connectivity index (χ0n) is 10.2. The number of amides is 1. The summed E-state index contributed by atoms with van der Waals surface area (Å²) in [5.74, 6) is -1.11. The van der Waals surface area contributed by atoms with E-state index in [1.54, 1.807) is 0 Å². The lowest BCUT2D eigenvalue weighted by atomic mass is 10.1. The highest BCUT2D eigenvalue weighted by Crippen LogP contribution is 2.26. The van der Waals surface area contributed by atoms with Gasteiger partial charge in [-0.3, -0.25) is 4.79 Å².